The molecule has 1 heterocycles. The second-order valence-corrected chi connectivity index (χ2v) is 6.16. The molecule has 0 aliphatic rings. The van der Waals surface area contributed by atoms with Crippen LogP contribution in [-0.2, 0) is 4.79 Å². The summed E-state index contributed by atoms with van der Waals surface area (Å²) in [6, 6.07) is 22.4. The van der Waals surface area contributed by atoms with Crippen molar-refractivity contribution in [2.45, 2.75) is 6.42 Å². The first-order valence-corrected chi connectivity index (χ1v) is 8.49. The lowest BCUT2D eigenvalue weighted by Crippen LogP contribution is -2.12. The molecule has 0 saturated heterocycles. The molecule has 0 unspecified atom stereocenters. The molecule has 0 aliphatic carbocycles. The summed E-state index contributed by atoms with van der Waals surface area (Å²) in [6.45, 7) is 0. The van der Waals surface area contributed by atoms with Crippen LogP contribution < -0.4 is 10.7 Å². The van der Waals surface area contributed by atoms with Gasteiger partial charge in [-0.1, -0.05) is 48.5 Å². The zero-order valence-electron chi connectivity index (χ0n) is 14.3. The predicted octanol–water partition coefficient (Wildman–Crippen LogP) is 4.20. The number of H-pyrrole nitrogens is 1. The number of carbonyl (C=O) groups excluding carboxylic acids is 1. The van der Waals surface area contributed by atoms with Crippen LogP contribution in [0.4, 0.5) is 5.69 Å². The third-order valence-corrected chi connectivity index (χ3v) is 4.47. The van der Waals surface area contributed by atoms with Gasteiger partial charge in [-0.15, -0.1) is 0 Å². The largest absolute Gasteiger partial charge is 0.352 e. The maximum Gasteiger partial charge on any atom is 0.238 e. The Balaban J connectivity index is 2.02. The molecular formula is C22H15N3O2. The number of aromatic nitrogens is 1. The average Bonchev–Trinajstić information content (AvgIpc) is 2.69. The number of rotatable bonds is 3. The van der Waals surface area contributed by atoms with Gasteiger partial charge in [0.25, 0.3) is 0 Å². The number of anilines is 1. The summed E-state index contributed by atoms with van der Waals surface area (Å²) in [7, 11) is 0. The fraction of sp³-hybridized carbons (Fsp3) is 0.0455. The Morgan fingerprint density at radius 2 is 1.63 bits per heavy atom. The van der Waals surface area contributed by atoms with Crippen LogP contribution in [0.25, 0.3) is 32.9 Å². The van der Waals surface area contributed by atoms with Crippen LogP contribution in [0.2, 0.25) is 0 Å². The topological polar surface area (TPSA) is 85.8 Å². The molecule has 2 N–H and O–H groups in total. The molecule has 3 aromatic carbocycles. The molecule has 0 atom stereocenters. The van der Waals surface area contributed by atoms with E-state index in [2.05, 4.69) is 10.3 Å². The Morgan fingerprint density at radius 1 is 0.926 bits per heavy atom. The average molecular weight is 353 g/mol. The summed E-state index contributed by atoms with van der Waals surface area (Å²) in [4.78, 5) is 28.3. The van der Waals surface area contributed by atoms with E-state index in [0.717, 1.165) is 11.1 Å². The van der Waals surface area contributed by atoms with Gasteiger partial charge >= 0.3 is 0 Å². The van der Waals surface area contributed by atoms with Crippen molar-refractivity contribution in [3.05, 3.63) is 77.0 Å². The summed E-state index contributed by atoms with van der Waals surface area (Å²) in [5.74, 6) is -0.415. The SMILES string of the molecule is N#CCC(=O)Nc1cccc2c(=O)c3cccc(-c4ccccc4)c3[nH]c12. The predicted molar refractivity (Wildman–Crippen MR) is 106 cm³/mol. The molecule has 4 aromatic rings. The van der Waals surface area contributed by atoms with Gasteiger partial charge < -0.3 is 10.3 Å². The summed E-state index contributed by atoms with van der Waals surface area (Å²) in [5.41, 5.74) is 3.53. The Bertz CT molecular complexity index is 1270. The van der Waals surface area contributed by atoms with Crippen LogP contribution in [-0.4, -0.2) is 10.9 Å². The second-order valence-electron chi connectivity index (χ2n) is 6.16. The van der Waals surface area contributed by atoms with E-state index < -0.39 is 5.91 Å². The molecule has 0 radical (unpaired) electrons. The van der Waals surface area contributed by atoms with Crippen LogP contribution >= 0.6 is 0 Å². The maximum atomic E-state index is 13.1. The maximum absolute atomic E-state index is 13.1. The van der Waals surface area contributed by atoms with Crippen LogP contribution in [0.15, 0.2) is 71.5 Å². The van der Waals surface area contributed by atoms with Crippen molar-refractivity contribution >= 4 is 33.4 Å². The van der Waals surface area contributed by atoms with Crippen LogP contribution in [0.3, 0.4) is 0 Å². The number of hydrogen-bond acceptors (Lipinski definition) is 3. The number of para-hydroxylation sites is 2. The van der Waals surface area contributed by atoms with Gasteiger partial charge in [0.15, 0.2) is 5.43 Å². The van der Waals surface area contributed by atoms with Crippen molar-refractivity contribution in [3.63, 3.8) is 0 Å². The fourth-order valence-corrected chi connectivity index (χ4v) is 3.25. The zero-order chi connectivity index (χ0) is 18.8. The van der Waals surface area contributed by atoms with Crippen molar-refractivity contribution < 1.29 is 4.79 Å². The second kappa shape index (κ2) is 6.77. The van der Waals surface area contributed by atoms with Crippen molar-refractivity contribution in [2.24, 2.45) is 0 Å². The number of hydrogen-bond donors (Lipinski definition) is 2. The van der Waals surface area contributed by atoms with E-state index in [4.69, 9.17) is 5.26 Å². The monoisotopic (exact) mass is 353 g/mol. The number of benzene rings is 3. The van der Waals surface area contributed by atoms with E-state index in [9.17, 15) is 9.59 Å². The first-order chi connectivity index (χ1) is 13.2. The van der Waals surface area contributed by atoms with Crippen molar-refractivity contribution in [2.75, 3.05) is 5.32 Å². The van der Waals surface area contributed by atoms with Gasteiger partial charge in [0.05, 0.1) is 22.8 Å². The molecule has 130 valence electrons. The third-order valence-electron chi connectivity index (χ3n) is 4.47. The van der Waals surface area contributed by atoms with Crippen molar-refractivity contribution in [1.82, 2.24) is 4.98 Å². The minimum atomic E-state index is -0.415. The number of fused-ring (bicyclic) bond motifs is 2. The molecule has 0 aliphatic heterocycles. The normalized spacial score (nSPS) is 10.6. The lowest BCUT2D eigenvalue weighted by molar-refractivity contribution is -0.115. The summed E-state index contributed by atoms with van der Waals surface area (Å²) in [5, 5.41) is 12.5. The van der Waals surface area contributed by atoms with E-state index in [0.29, 0.717) is 27.5 Å². The highest BCUT2D eigenvalue weighted by Crippen LogP contribution is 2.29. The minimum absolute atomic E-state index is 0.104. The molecule has 0 spiro atoms. The number of carbonyl (C=O) groups is 1. The van der Waals surface area contributed by atoms with Crippen LogP contribution in [0.5, 0.6) is 0 Å². The molecule has 4 rings (SSSR count). The first-order valence-electron chi connectivity index (χ1n) is 8.49. The molecule has 5 heteroatoms. The summed E-state index contributed by atoms with van der Waals surface area (Å²) in [6.07, 6.45) is -0.247. The summed E-state index contributed by atoms with van der Waals surface area (Å²) >= 11 is 0. The quantitative estimate of drug-likeness (QED) is 0.541. The lowest BCUT2D eigenvalue weighted by Gasteiger charge is -2.12. The number of nitriles is 1. The fourth-order valence-electron chi connectivity index (χ4n) is 3.25. The molecule has 0 bridgehead atoms. The van der Waals surface area contributed by atoms with Gasteiger partial charge in [0.2, 0.25) is 5.91 Å². The Labute approximate surface area is 154 Å². The lowest BCUT2D eigenvalue weighted by atomic mass is 10.0. The van der Waals surface area contributed by atoms with Crippen LogP contribution in [0.1, 0.15) is 6.42 Å². The molecule has 0 fully saturated rings. The molecule has 27 heavy (non-hydrogen) atoms. The van der Waals surface area contributed by atoms with Gasteiger partial charge in [0, 0.05) is 16.3 Å². The van der Waals surface area contributed by atoms with Gasteiger partial charge in [-0.3, -0.25) is 9.59 Å². The minimum Gasteiger partial charge on any atom is -0.352 e. The zero-order valence-corrected chi connectivity index (χ0v) is 14.3. The van der Waals surface area contributed by atoms with Crippen LogP contribution in [0, 0.1) is 11.3 Å². The molecule has 5 nitrogen and oxygen atoms in total. The summed E-state index contributed by atoms with van der Waals surface area (Å²) < 4.78 is 0. The standard InChI is InChI=1S/C22H15N3O2/c23-13-12-19(26)24-18-11-5-10-17-21(18)25-20-15(14-6-2-1-3-7-14)8-4-9-16(20)22(17)27/h1-11H,12H2,(H,24,26)(H,25,27). The number of nitrogens with one attached hydrogen (secondary N) is 2. The van der Waals surface area contributed by atoms with Gasteiger partial charge in [-0.2, -0.15) is 5.26 Å². The number of amides is 1. The van der Waals surface area contributed by atoms with Crippen molar-refractivity contribution in [1.29, 1.82) is 5.26 Å². The van der Waals surface area contributed by atoms with E-state index in [1.807, 2.05) is 48.5 Å². The van der Waals surface area contributed by atoms with Crippen molar-refractivity contribution in [3.8, 4) is 17.2 Å². The smallest absolute Gasteiger partial charge is 0.238 e. The molecule has 1 aromatic heterocycles. The van der Waals surface area contributed by atoms with E-state index in [1.54, 1.807) is 24.3 Å². The highest BCUT2D eigenvalue weighted by molar-refractivity contribution is 6.06. The highest BCUT2D eigenvalue weighted by Gasteiger charge is 2.13. The van der Waals surface area contributed by atoms with Gasteiger partial charge in [-0.25, -0.2) is 0 Å². The Kier molecular flexibility index (Phi) is 4.15. The number of pyridine rings is 1. The Morgan fingerprint density at radius 3 is 2.37 bits per heavy atom. The van der Waals surface area contributed by atoms with E-state index in [1.165, 1.54) is 0 Å². The van der Waals surface area contributed by atoms with Gasteiger partial charge in [0.1, 0.15) is 6.42 Å². The third kappa shape index (κ3) is 2.94. The highest BCUT2D eigenvalue weighted by atomic mass is 16.1. The molecule has 0 saturated carbocycles. The van der Waals surface area contributed by atoms with E-state index >= 15 is 0 Å². The molecular weight excluding hydrogens is 338 g/mol. The molecule has 1 amide bonds. The van der Waals surface area contributed by atoms with E-state index in [-0.39, 0.29) is 11.8 Å². The van der Waals surface area contributed by atoms with Gasteiger partial charge in [-0.05, 0) is 23.8 Å². The number of nitrogens with zero attached hydrogens (tertiary/aromatic N) is 1. The number of aromatic amines is 1. The first kappa shape index (κ1) is 16.6. The Hall–Kier alpha value is -3.91.